The van der Waals surface area contributed by atoms with Gasteiger partial charge in [-0.05, 0) is 67.1 Å². The van der Waals surface area contributed by atoms with Gasteiger partial charge in [-0.15, -0.1) is 0 Å². The molecule has 0 radical (unpaired) electrons. The zero-order valence-electron chi connectivity index (χ0n) is 13.2. The first-order valence-electron chi connectivity index (χ1n) is 7.43. The number of aromatic amines is 1. The molecule has 1 aromatic heterocycles. The fourth-order valence-corrected chi connectivity index (χ4v) is 2.40. The molecule has 0 aliphatic carbocycles. The quantitative estimate of drug-likeness (QED) is 0.514. The van der Waals surface area contributed by atoms with E-state index < -0.39 is 11.6 Å². The second-order valence-electron chi connectivity index (χ2n) is 5.50. The van der Waals surface area contributed by atoms with E-state index >= 15 is 0 Å². The molecule has 0 amide bonds. The minimum Gasteiger partial charge on any atom is -0.289 e. The van der Waals surface area contributed by atoms with E-state index in [1.165, 1.54) is 12.1 Å². The summed E-state index contributed by atoms with van der Waals surface area (Å²) in [7, 11) is 0. The number of H-pyrrole nitrogens is 1. The number of carbonyl (C=O) groups is 1. The zero-order chi connectivity index (χ0) is 18.0. The SMILES string of the molecule is Cc1cc(C(=O)/C=C/c2cc(-c3ccc(F)c(F)c3)n[nH]2)ccc1Cl. The number of nitrogens with one attached hydrogen (secondary N) is 1. The molecule has 3 rings (SSSR count). The van der Waals surface area contributed by atoms with Crippen LogP contribution < -0.4 is 0 Å². The second-order valence-corrected chi connectivity index (χ2v) is 5.91. The van der Waals surface area contributed by atoms with Crippen molar-refractivity contribution < 1.29 is 13.6 Å². The van der Waals surface area contributed by atoms with Gasteiger partial charge >= 0.3 is 0 Å². The van der Waals surface area contributed by atoms with Crippen LogP contribution in [0.4, 0.5) is 8.78 Å². The number of aryl methyl sites for hydroxylation is 1. The van der Waals surface area contributed by atoms with Crippen LogP contribution in [-0.2, 0) is 0 Å². The molecular formula is C19H13ClF2N2O. The predicted molar refractivity (Wildman–Crippen MR) is 93.5 cm³/mol. The molecule has 2 aromatic carbocycles. The number of nitrogens with zero attached hydrogens (tertiary/aromatic N) is 1. The number of aromatic nitrogens is 2. The number of halogens is 3. The van der Waals surface area contributed by atoms with Crippen LogP contribution in [0.25, 0.3) is 17.3 Å². The molecule has 6 heteroatoms. The smallest absolute Gasteiger partial charge is 0.185 e. The summed E-state index contributed by atoms with van der Waals surface area (Å²) >= 11 is 5.95. The summed E-state index contributed by atoms with van der Waals surface area (Å²) in [4.78, 5) is 12.2. The minimum atomic E-state index is -0.939. The summed E-state index contributed by atoms with van der Waals surface area (Å²) in [5.74, 6) is -2.03. The Balaban J connectivity index is 1.78. The van der Waals surface area contributed by atoms with Crippen molar-refractivity contribution in [2.75, 3.05) is 0 Å². The number of ketones is 1. The average molecular weight is 359 g/mol. The van der Waals surface area contributed by atoms with Crippen LogP contribution in [0, 0.1) is 18.6 Å². The Bertz CT molecular complexity index is 979. The van der Waals surface area contributed by atoms with Crippen molar-refractivity contribution in [3.05, 3.63) is 82.0 Å². The molecule has 0 saturated heterocycles. The van der Waals surface area contributed by atoms with Gasteiger partial charge in [0.15, 0.2) is 17.4 Å². The molecule has 0 aliphatic heterocycles. The van der Waals surface area contributed by atoms with Gasteiger partial charge in [0.2, 0.25) is 0 Å². The number of rotatable bonds is 4. The molecule has 0 aliphatic rings. The molecular weight excluding hydrogens is 346 g/mol. The van der Waals surface area contributed by atoms with Crippen molar-refractivity contribution in [1.29, 1.82) is 0 Å². The van der Waals surface area contributed by atoms with Crippen LogP contribution in [0.15, 0.2) is 48.5 Å². The summed E-state index contributed by atoms with van der Waals surface area (Å²) in [6.07, 6.45) is 2.98. The van der Waals surface area contributed by atoms with Crippen LogP contribution >= 0.6 is 11.6 Å². The maximum absolute atomic E-state index is 13.3. The van der Waals surface area contributed by atoms with Gasteiger partial charge in [0.05, 0.1) is 11.4 Å². The fraction of sp³-hybridized carbons (Fsp3) is 0.0526. The fourth-order valence-electron chi connectivity index (χ4n) is 2.28. The third kappa shape index (κ3) is 3.83. The Labute approximate surface area is 148 Å². The van der Waals surface area contributed by atoms with Crippen LogP contribution in [-0.4, -0.2) is 16.0 Å². The van der Waals surface area contributed by atoms with Crippen molar-refractivity contribution in [3.8, 4) is 11.3 Å². The molecule has 0 spiro atoms. The topological polar surface area (TPSA) is 45.8 Å². The van der Waals surface area contributed by atoms with E-state index in [1.54, 1.807) is 30.3 Å². The molecule has 0 unspecified atom stereocenters. The largest absolute Gasteiger partial charge is 0.289 e. The number of hydrogen-bond acceptors (Lipinski definition) is 2. The van der Waals surface area contributed by atoms with Crippen LogP contribution in [0.3, 0.4) is 0 Å². The van der Waals surface area contributed by atoms with Gasteiger partial charge in [-0.1, -0.05) is 11.6 Å². The molecule has 0 saturated carbocycles. The maximum Gasteiger partial charge on any atom is 0.185 e. The van der Waals surface area contributed by atoms with Crippen LogP contribution in [0.2, 0.25) is 5.02 Å². The highest BCUT2D eigenvalue weighted by Gasteiger charge is 2.08. The molecule has 25 heavy (non-hydrogen) atoms. The summed E-state index contributed by atoms with van der Waals surface area (Å²) in [6.45, 7) is 1.83. The van der Waals surface area contributed by atoms with E-state index in [9.17, 15) is 13.6 Å². The van der Waals surface area contributed by atoms with Crippen molar-refractivity contribution in [3.63, 3.8) is 0 Å². The predicted octanol–water partition coefficient (Wildman–Crippen LogP) is 5.21. The molecule has 0 fully saturated rings. The van der Waals surface area contributed by atoms with Gasteiger partial charge in [-0.2, -0.15) is 5.10 Å². The van der Waals surface area contributed by atoms with E-state index in [2.05, 4.69) is 10.2 Å². The lowest BCUT2D eigenvalue weighted by Gasteiger charge is -2.00. The van der Waals surface area contributed by atoms with E-state index in [0.29, 0.717) is 27.5 Å². The summed E-state index contributed by atoms with van der Waals surface area (Å²) in [6, 6.07) is 10.2. The van der Waals surface area contributed by atoms with Gasteiger partial charge in [0, 0.05) is 16.1 Å². The maximum atomic E-state index is 13.3. The van der Waals surface area contributed by atoms with Crippen molar-refractivity contribution in [2.24, 2.45) is 0 Å². The summed E-state index contributed by atoms with van der Waals surface area (Å²) in [5.41, 5.74) is 2.81. The lowest BCUT2D eigenvalue weighted by molar-refractivity contribution is 0.104. The first-order chi connectivity index (χ1) is 11.9. The standard InChI is InChI=1S/C19H13ClF2N2O/c1-11-8-13(2-5-15(11)20)19(25)7-4-14-10-18(24-23-14)12-3-6-16(21)17(22)9-12/h2-10H,1H3,(H,23,24)/b7-4+. The number of allylic oxidation sites excluding steroid dienone is 1. The highest BCUT2D eigenvalue weighted by atomic mass is 35.5. The number of carbonyl (C=O) groups excluding carboxylic acids is 1. The van der Waals surface area contributed by atoms with E-state index in [1.807, 2.05) is 6.92 Å². The Morgan fingerprint density at radius 2 is 1.92 bits per heavy atom. The van der Waals surface area contributed by atoms with Crippen molar-refractivity contribution in [2.45, 2.75) is 6.92 Å². The third-order valence-electron chi connectivity index (χ3n) is 3.67. The Hall–Kier alpha value is -2.79. The first-order valence-corrected chi connectivity index (χ1v) is 7.81. The normalized spacial score (nSPS) is 11.2. The average Bonchev–Trinajstić information content (AvgIpc) is 3.06. The van der Waals surface area contributed by atoms with E-state index in [-0.39, 0.29) is 5.78 Å². The molecule has 0 atom stereocenters. The summed E-state index contributed by atoms with van der Waals surface area (Å²) in [5, 5.41) is 7.38. The van der Waals surface area contributed by atoms with Crippen LogP contribution in [0.5, 0.6) is 0 Å². The molecule has 1 heterocycles. The van der Waals surface area contributed by atoms with E-state index in [4.69, 9.17) is 11.6 Å². The molecule has 0 bridgehead atoms. The van der Waals surface area contributed by atoms with Gasteiger partial charge in [-0.25, -0.2) is 8.78 Å². The lowest BCUT2D eigenvalue weighted by atomic mass is 10.1. The van der Waals surface area contributed by atoms with Gasteiger partial charge in [0.25, 0.3) is 0 Å². The first kappa shape index (κ1) is 17.0. The lowest BCUT2D eigenvalue weighted by Crippen LogP contribution is -1.94. The summed E-state index contributed by atoms with van der Waals surface area (Å²) < 4.78 is 26.3. The minimum absolute atomic E-state index is 0.177. The van der Waals surface area contributed by atoms with Gasteiger partial charge in [-0.3, -0.25) is 9.89 Å². The van der Waals surface area contributed by atoms with Crippen molar-refractivity contribution >= 4 is 23.5 Å². The monoisotopic (exact) mass is 358 g/mol. The number of benzene rings is 2. The molecule has 3 aromatic rings. The highest BCUT2D eigenvalue weighted by molar-refractivity contribution is 6.31. The number of hydrogen-bond donors (Lipinski definition) is 1. The Morgan fingerprint density at radius 3 is 2.64 bits per heavy atom. The molecule has 3 nitrogen and oxygen atoms in total. The van der Waals surface area contributed by atoms with Crippen molar-refractivity contribution in [1.82, 2.24) is 10.2 Å². The second kappa shape index (κ2) is 6.99. The molecule has 126 valence electrons. The van der Waals surface area contributed by atoms with Gasteiger partial charge < -0.3 is 0 Å². The third-order valence-corrected chi connectivity index (χ3v) is 4.09. The van der Waals surface area contributed by atoms with Gasteiger partial charge in [0.1, 0.15) is 0 Å². The van der Waals surface area contributed by atoms with E-state index in [0.717, 1.165) is 17.7 Å². The zero-order valence-corrected chi connectivity index (χ0v) is 13.9. The molecule has 1 N–H and O–H groups in total. The van der Waals surface area contributed by atoms with Crippen LogP contribution in [0.1, 0.15) is 21.6 Å². The highest BCUT2D eigenvalue weighted by Crippen LogP contribution is 2.21. The Morgan fingerprint density at radius 1 is 1.12 bits per heavy atom. The Kier molecular flexibility index (Phi) is 4.76.